The van der Waals surface area contributed by atoms with Crippen molar-refractivity contribution in [3.05, 3.63) is 83.7 Å². The summed E-state index contributed by atoms with van der Waals surface area (Å²) in [7, 11) is 8.02. The number of piperidine rings is 2. The molecule has 2 saturated heterocycles. The highest BCUT2D eigenvalue weighted by atomic mass is 127. The van der Waals surface area contributed by atoms with Gasteiger partial charge in [-0.15, -0.1) is 30.6 Å². The van der Waals surface area contributed by atoms with Crippen molar-refractivity contribution in [1.29, 1.82) is 0 Å². The number of aromatic amines is 2. The number of nitrogens with zero attached hydrogens (tertiary/aromatic N) is 5. The molecule has 2 aromatic heterocycles. The number of halogens is 1. The second-order valence-corrected chi connectivity index (χ2v) is 18.4. The third-order valence-corrected chi connectivity index (χ3v) is 13.6. The van der Waals surface area contributed by atoms with Gasteiger partial charge in [0.15, 0.2) is 0 Å². The molecule has 2 aliphatic heterocycles. The number of likely N-dealkylation sites (tertiary alicyclic amines) is 1. The van der Waals surface area contributed by atoms with Gasteiger partial charge >= 0.3 is 12.1 Å². The van der Waals surface area contributed by atoms with E-state index in [4.69, 9.17) is 0 Å². The quantitative estimate of drug-likeness (QED) is 0.0751. The monoisotopic (exact) mass is 990 g/mol. The van der Waals surface area contributed by atoms with Crippen molar-refractivity contribution in [3.8, 4) is 0 Å². The van der Waals surface area contributed by atoms with Crippen LogP contribution in [0.5, 0.6) is 0 Å². The van der Waals surface area contributed by atoms with Gasteiger partial charge in [-0.25, -0.2) is 9.59 Å². The molecular formula is C49H71IN10O4. The Balaban J connectivity index is 0.000000210. The Morgan fingerprint density at radius 1 is 0.734 bits per heavy atom. The summed E-state index contributed by atoms with van der Waals surface area (Å²) in [6.45, 7) is 13.3. The molecule has 0 saturated carbocycles. The second-order valence-electron chi connectivity index (χ2n) is 18.4. The molecule has 348 valence electrons. The van der Waals surface area contributed by atoms with E-state index in [1.54, 1.807) is 0 Å². The van der Waals surface area contributed by atoms with E-state index in [1.807, 2.05) is 48.1 Å². The Kier molecular flexibility index (Phi) is 17.1. The fourth-order valence-corrected chi connectivity index (χ4v) is 10.7. The van der Waals surface area contributed by atoms with Crippen LogP contribution in [-0.4, -0.2) is 158 Å². The first-order valence-corrected chi connectivity index (χ1v) is 23.2. The molecule has 4 aromatic rings. The number of hydrogen-bond donors (Lipinski definition) is 5. The van der Waals surface area contributed by atoms with Crippen molar-refractivity contribution >= 4 is 69.7 Å². The Morgan fingerprint density at radius 2 is 1.25 bits per heavy atom. The van der Waals surface area contributed by atoms with Gasteiger partial charge in [0.05, 0.1) is 11.8 Å². The smallest absolute Gasteiger partial charge is 0.324 e. The van der Waals surface area contributed by atoms with Crippen molar-refractivity contribution in [2.24, 2.45) is 11.8 Å². The summed E-state index contributed by atoms with van der Waals surface area (Å²) in [5.41, 5.74) is 7.69. The summed E-state index contributed by atoms with van der Waals surface area (Å²) in [4.78, 5) is 68.8. The minimum Gasteiger partial charge on any atom is -0.361 e. The molecule has 6 atom stereocenters. The van der Waals surface area contributed by atoms with E-state index in [2.05, 4.69) is 96.0 Å². The normalized spacial score (nSPS) is 22.1. The summed E-state index contributed by atoms with van der Waals surface area (Å²) in [6.07, 6.45) is 11.2. The van der Waals surface area contributed by atoms with Crippen LogP contribution in [0, 0.1) is 11.8 Å². The zero-order valence-corrected chi connectivity index (χ0v) is 41.1. The van der Waals surface area contributed by atoms with Crippen LogP contribution in [0.15, 0.2) is 61.4 Å². The summed E-state index contributed by atoms with van der Waals surface area (Å²) >= 11 is 0. The minimum atomic E-state index is -0.280. The number of carbonyl (C=O) groups is 4. The molecule has 8 rings (SSSR count). The Labute approximate surface area is 396 Å². The molecule has 6 amide bonds. The lowest BCUT2D eigenvalue weighted by atomic mass is 9.72. The van der Waals surface area contributed by atoms with Gasteiger partial charge in [0.2, 0.25) is 11.8 Å². The number of H-pyrrole nitrogens is 2. The van der Waals surface area contributed by atoms with E-state index in [0.717, 1.165) is 63.7 Å². The molecule has 2 aromatic carbocycles. The molecule has 0 spiro atoms. The van der Waals surface area contributed by atoms with Crippen LogP contribution in [0.2, 0.25) is 0 Å². The number of amides is 6. The molecular weight excluding hydrogens is 920 g/mol. The predicted octanol–water partition coefficient (Wildman–Crippen LogP) is 6.11. The lowest BCUT2D eigenvalue weighted by Gasteiger charge is -2.47. The molecule has 4 aliphatic rings. The largest absolute Gasteiger partial charge is 0.361 e. The van der Waals surface area contributed by atoms with Crippen LogP contribution < -0.4 is 16.0 Å². The Morgan fingerprint density at radius 3 is 1.78 bits per heavy atom. The molecule has 5 N–H and O–H groups in total. The molecule has 0 bridgehead atoms. The van der Waals surface area contributed by atoms with Gasteiger partial charge < -0.3 is 35.7 Å². The van der Waals surface area contributed by atoms with Crippen molar-refractivity contribution in [1.82, 2.24) is 50.4 Å². The molecule has 2 fully saturated rings. The van der Waals surface area contributed by atoms with Crippen molar-refractivity contribution in [2.45, 2.75) is 76.3 Å². The predicted molar refractivity (Wildman–Crippen MR) is 266 cm³/mol. The number of hydrogen-bond acceptors (Lipinski definition) is 8. The first-order chi connectivity index (χ1) is 30.4. The first kappa shape index (κ1) is 49.2. The first-order valence-electron chi connectivity index (χ1n) is 23.2. The number of imide groups is 2. The maximum atomic E-state index is 13.7. The molecule has 2 aliphatic carbocycles. The standard InChI is InChI=1S/C26H37N5O2.C23H33N5O2.HI/c1-5-11-30-17-19(25(32)31(26(33)27-6-2)13-8-12-29(3)4)14-21-20-9-7-10-22-24(20)18(16-28-22)15-23(21)30;1-4-24-23(30)28(10-6-9-27(2)3)22(29)16-11-18-17-7-5-8-19-21(17)15(13-25-19)12-20(18)26-14-16;/h5,7,9-10,16,19,21,23,28H,1,6,8,11-15,17H2,2-4H3,(H,27,33);5,7-8,13,16,18,20,25-26H,4,6,9-12,14H2,1-3H3,(H,24,30);1H/t19-,21-,23-;16-,18-,20-;/m11./s1. The summed E-state index contributed by atoms with van der Waals surface area (Å²) in [5.74, 6) is 0.0277. The third kappa shape index (κ3) is 10.7. The lowest BCUT2D eigenvalue weighted by molar-refractivity contribution is -0.135. The van der Waals surface area contributed by atoms with Crippen LogP contribution in [0.1, 0.15) is 73.6 Å². The van der Waals surface area contributed by atoms with Crippen molar-refractivity contribution in [3.63, 3.8) is 0 Å². The maximum absolute atomic E-state index is 13.7. The Bertz CT molecular complexity index is 2250. The number of fused-ring (bicyclic) bond motifs is 4. The van der Waals surface area contributed by atoms with Gasteiger partial charge in [-0.05, 0) is 128 Å². The molecule has 0 radical (unpaired) electrons. The second kappa shape index (κ2) is 22.3. The van der Waals surface area contributed by atoms with Crippen molar-refractivity contribution < 1.29 is 19.2 Å². The maximum Gasteiger partial charge on any atom is 0.324 e. The van der Waals surface area contributed by atoms with Crippen molar-refractivity contribution in [2.75, 3.05) is 87.1 Å². The lowest BCUT2D eigenvalue weighted by Crippen LogP contribution is -2.55. The zero-order chi connectivity index (χ0) is 44.8. The molecule has 14 nitrogen and oxygen atoms in total. The highest BCUT2D eigenvalue weighted by Gasteiger charge is 2.44. The van der Waals surface area contributed by atoms with Crippen LogP contribution in [-0.2, 0) is 22.4 Å². The van der Waals surface area contributed by atoms with Crippen LogP contribution in [0.25, 0.3) is 21.8 Å². The molecule has 64 heavy (non-hydrogen) atoms. The van der Waals surface area contributed by atoms with Gasteiger partial charge in [-0.1, -0.05) is 30.3 Å². The topological polar surface area (TPSA) is 152 Å². The average Bonchev–Trinajstić information content (AvgIpc) is 3.89. The number of urea groups is 2. The van der Waals surface area contributed by atoms with E-state index in [-0.39, 0.29) is 71.5 Å². The molecule has 4 heterocycles. The van der Waals surface area contributed by atoms with E-state index in [1.165, 1.54) is 48.3 Å². The number of rotatable bonds is 14. The van der Waals surface area contributed by atoms with E-state index >= 15 is 0 Å². The Hall–Kier alpha value is -4.29. The van der Waals surface area contributed by atoms with Gasteiger partial charge in [0.25, 0.3) is 0 Å². The zero-order valence-electron chi connectivity index (χ0n) is 38.8. The third-order valence-electron chi connectivity index (χ3n) is 13.6. The molecule has 15 heteroatoms. The van der Waals surface area contributed by atoms with E-state index < -0.39 is 0 Å². The minimum absolute atomic E-state index is 0. The number of benzene rings is 2. The van der Waals surface area contributed by atoms with Gasteiger partial charge in [0, 0.05) is 104 Å². The summed E-state index contributed by atoms with van der Waals surface area (Å²) in [6, 6.07) is 13.0. The highest BCUT2D eigenvalue weighted by Crippen LogP contribution is 2.45. The van der Waals surface area contributed by atoms with Crippen LogP contribution >= 0.6 is 24.0 Å². The van der Waals surface area contributed by atoms with Gasteiger partial charge in [0.1, 0.15) is 0 Å². The number of nitrogens with one attached hydrogen (secondary N) is 5. The number of aromatic nitrogens is 2. The SMILES string of the molecule is C=CCN1C[C@H](C(=O)N(CCCN(C)C)C(=O)NCC)C[C@@H]2c3cccc4[nH]cc(c34)C[C@H]21.CCNC(=O)N(CCCN(C)C)C(=O)[C@H]1CN[C@@H]2Cc3c[nH]c4cccc(c34)[C@H]2C1.I. The van der Waals surface area contributed by atoms with Gasteiger partial charge in [-0.2, -0.15) is 0 Å². The van der Waals surface area contributed by atoms with Crippen LogP contribution in [0.4, 0.5) is 9.59 Å². The summed E-state index contributed by atoms with van der Waals surface area (Å²) < 4.78 is 0. The highest BCUT2D eigenvalue weighted by molar-refractivity contribution is 14.0. The van der Waals surface area contributed by atoms with E-state index in [9.17, 15) is 19.2 Å². The fraction of sp³-hybridized carbons (Fsp3) is 0.551. The van der Waals surface area contributed by atoms with Crippen LogP contribution in [0.3, 0.4) is 0 Å². The van der Waals surface area contributed by atoms with E-state index in [0.29, 0.717) is 51.4 Å². The van der Waals surface area contributed by atoms with Gasteiger partial charge in [-0.3, -0.25) is 24.3 Å². The summed E-state index contributed by atoms with van der Waals surface area (Å²) in [5, 5.41) is 11.9. The average molecular weight is 991 g/mol. The fourth-order valence-electron chi connectivity index (χ4n) is 10.7. The number of carbonyl (C=O) groups excluding carboxylic acids is 4. The molecule has 0 unspecified atom stereocenters.